The van der Waals surface area contributed by atoms with Gasteiger partial charge in [0.1, 0.15) is 5.82 Å². The van der Waals surface area contributed by atoms with Gasteiger partial charge >= 0.3 is 0 Å². The Morgan fingerprint density at radius 3 is 2.88 bits per heavy atom. The van der Waals surface area contributed by atoms with Gasteiger partial charge in [-0.15, -0.1) is 10.2 Å². The molecule has 5 nitrogen and oxygen atoms in total. The summed E-state index contributed by atoms with van der Waals surface area (Å²) in [5, 5.41) is 10.5. The number of halogens is 1. The number of benzene rings is 2. The van der Waals surface area contributed by atoms with Crippen molar-refractivity contribution in [2.45, 2.75) is 19.3 Å². The maximum absolute atomic E-state index is 13.9. The standard InChI is InChI=1S/C19H16FN3O2/c1-11-6-7-12(19-23-21-10-25-19)8-17(11)22-18(24)15-9-14(15)13-4-2-3-5-16(13)20/h2-8,10,14-15H,9H2,1H3,(H,22,24)/t14-,15-/m1/s1. The average Bonchev–Trinajstić information content (AvgIpc) is 3.21. The minimum absolute atomic E-state index is 0.0550. The number of anilines is 1. The highest BCUT2D eigenvalue weighted by Crippen LogP contribution is 2.48. The quantitative estimate of drug-likeness (QED) is 0.783. The van der Waals surface area contributed by atoms with Crippen LogP contribution in [0.5, 0.6) is 0 Å². The third kappa shape index (κ3) is 3.03. The van der Waals surface area contributed by atoms with Gasteiger partial charge in [0.25, 0.3) is 0 Å². The van der Waals surface area contributed by atoms with Gasteiger partial charge in [-0.3, -0.25) is 4.79 Å². The first-order chi connectivity index (χ1) is 12.1. The highest BCUT2D eigenvalue weighted by Gasteiger charge is 2.45. The van der Waals surface area contributed by atoms with Crippen LogP contribution in [0.15, 0.2) is 53.3 Å². The second kappa shape index (κ2) is 6.12. The molecule has 6 heteroatoms. The molecule has 2 atom stereocenters. The first-order valence-corrected chi connectivity index (χ1v) is 8.06. The zero-order valence-corrected chi connectivity index (χ0v) is 13.6. The van der Waals surface area contributed by atoms with E-state index in [1.165, 1.54) is 12.5 Å². The summed E-state index contributed by atoms with van der Waals surface area (Å²) in [6.45, 7) is 1.91. The van der Waals surface area contributed by atoms with E-state index in [-0.39, 0.29) is 23.6 Å². The lowest BCUT2D eigenvalue weighted by molar-refractivity contribution is -0.117. The smallest absolute Gasteiger partial charge is 0.247 e. The fraction of sp³-hybridized carbons (Fsp3) is 0.211. The van der Waals surface area contributed by atoms with Crippen LogP contribution < -0.4 is 5.32 Å². The van der Waals surface area contributed by atoms with Gasteiger partial charge in [-0.25, -0.2) is 4.39 Å². The Balaban J connectivity index is 1.50. The van der Waals surface area contributed by atoms with E-state index >= 15 is 0 Å². The van der Waals surface area contributed by atoms with E-state index in [2.05, 4.69) is 15.5 Å². The normalized spacial score (nSPS) is 18.8. The van der Waals surface area contributed by atoms with E-state index in [1.54, 1.807) is 24.3 Å². The summed E-state index contributed by atoms with van der Waals surface area (Å²) in [4.78, 5) is 12.5. The lowest BCUT2D eigenvalue weighted by Crippen LogP contribution is -2.15. The third-order valence-electron chi connectivity index (χ3n) is 4.53. The molecule has 0 spiro atoms. The maximum atomic E-state index is 13.9. The Hall–Kier alpha value is -3.02. The number of amides is 1. The highest BCUT2D eigenvalue weighted by atomic mass is 19.1. The van der Waals surface area contributed by atoms with Crippen molar-refractivity contribution in [2.24, 2.45) is 5.92 Å². The Morgan fingerprint density at radius 1 is 1.28 bits per heavy atom. The first-order valence-electron chi connectivity index (χ1n) is 8.06. The van der Waals surface area contributed by atoms with E-state index in [1.807, 2.05) is 19.1 Å². The minimum atomic E-state index is -0.252. The van der Waals surface area contributed by atoms with Gasteiger partial charge in [-0.05, 0) is 48.6 Å². The van der Waals surface area contributed by atoms with Crippen LogP contribution in [-0.4, -0.2) is 16.1 Å². The third-order valence-corrected chi connectivity index (χ3v) is 4.53. The molecule has 1 heterocycles. The molecule has 25 heavy (non-hydrogen) atoms. The van der Waals surface area contributed by atoms with Crippen LogP contribution in [-0.2, 0) is 4.79 Å². The number of hydrogen-bond donors (Lipinski definition) is 1. The predicted molar refractivity (Wildman–Crippen MR) is 90.3 cm³/mol. The van der Waals surface area contributed by atoms with Gasteiger partial charge < -0.3 is 9.73 Å². The lowest BCUT2D eigenvalue weighted by atomic mass is 10.1. The summed E-state index contributed by atoms with van der Waals surface area (Å²) in [6.07, 6.45) is 1.92. The number of aromatic nitrogens is 2. The molecule has 2 aromatic carbocycles. The Kier molecular flexibility index (Phi) is 3.80. The number of rotatable bonds is 4. The fourth-order valence-corrected chi connectivity index (χ4v) is 3.02. The Morgan fingerprint density at radius 2 is 2.12 bits per heavy atom. The Labute approximate surface area is 143 Å². The molecule has 0 saturated heterocycles. The van der Waals surface area contributed by atoms with Crippen LogP contribution in [0.25, 0.3) is 11.5 Å². The molecule has 0 unspecified atom stereocenters. The predicted octanol–water partition coefficient (Wildman–Crippen LogP) is 3.93. The van der Waals surface area contributed by atoms with Crippen molar-refractivity contribution in [3.8, 4) is 11.5 Å². The van der Waals surface area contributed by atoms with E-state index < -0.39 is 0 Å². The van der Waals surface area contributed by atoms with Crippen molar-refractivity contribution in [2.75, 3.05) is 5.32 Å². The van der Waals surface area contributed by atoms with E-state index in [9.17, 15) is 9.18 Å². The van der Waals surface area contributed by atoms with Gasteiger partial charge in [0.05, 0.1) is 0 Å². The number of nitrogens with one attached hydrogen (secondary N) is 1. The molecule has 0 radical (unpaired) electrons. The monoisotopic (exact) mass is 337 g/mol. The van der Waals surface area contributed by atoms with Crippen molar-refractivity contribution >= 4 is 11.6 Å². The summed E-state index contributed by atoms with van der Waals surface area (Å²) in [5.41, 5.74) is 2.97. The van der Waals surface area contributed by atoms with Gasteiger partial charge in [-0.2, -0.15) is 0 Å². The molecule has 4 rings (SSSR count). The van der Waals surface area contributed by atoms with Crippen molar-refractivity contribution in [3.05, 3.63) is 65.8 Å². The van der Waals surface area contributed by atoms with Crippen LogP contribution in [0.2, 0.25) is 0 Å². The molecule has 1 aliphatic rings. The topological polar surface area (TPSA) is 68.0 Å². The minimum Gasteiger partial charge on any atom is -0.423 e. The van der Waals surface area contributed by atoms with Crippen LogP contribution in [0.1, 0.15) is 23.5 Å². The summed E-state index contributed by atoms with van der Waals surface area (Å²) in [6, 6.07) is 12.2. The zero-order valence-electron chi connectivity index (χ0n) is 13.6. The molecule has 0 aliphatic heterocycles. The molecule has 0 bridgehead atoms. The molecule has 1 saturated carbocycles. The van der Waals surface area contributed by atoms with E-state index in [0.717, 1.165) is 11.1 Å². The summed E-state index contributed by atoms with van der Waals surface area (Å²) >= 11 is 0. The largest absolute Gasteiger partial charge is 0.423 e. The number of carbonyl (C=O) groups excluding carboxylic acids is 1. The van der Waals surface area contributed by atoms with Gasteiger partial charge in [0, 0.05) is 17.2 Å². The summed E-state index contributed by atoms with van der Waals surface area (Å²) in [5.74, 6) is -0.216. The van der Waals surface area contributed by atoms with Crippen molar-refractivity contribution < 1.29 is 13.6 Å². The van der Waals surface area contributed by atoms with Crippen LogP contribution in [0, 0.1) is 18.7 Å². The van der Waals surface area contributed by atoms with Crippen LogP contribution in [0.3, 0.4) is 0 Å². The molecule has 126 valence electrons. The lowest BCUT2D eigenvalue weighted by Gasteiger charge is -2.10. The molecule has 1 N–H and O–H groups in total. The van der Waals surface area contributed by atoms with Gasteiger partial charge in [-0.1, -0.05) is 24.3 Å². The van der Waals surface area contributed by atoms with Crippen molar-refractivity contribution in [3.63, 3.8) is 0 Å². The first kappa shape index (κ1) is 15.5. The number of carbonyl (C=O) groups is 1. The second-order valence-electron chi connectivity index (χ2n) is 6.23. The van der Waals surface area contributed by atoms with Crippen molar-refractivity contribution in [1.29, 1.82) is 0 Å². The van der Waals surface area contributed by atoms with E-state index in [0.29, 0.717) is 23.6 Å². The van der Waals surface area contributed by atoms with Gasteiger partial charge in [0.15, 0.2) is 0 Å². The number of hydrogen-bond acceptors (Lipinski definition) is 4. The number of aryl methyl sites for hydroxylation is 1. The molecular weight excluding hydrogens is 321 g/mol. The van der Waals surface area contributed by atoms with Crippen LogP contribution >= 0.6 is 0 Å². The van der Waals surface area contributed by atoms with E-state index in [4.69, 9.17) is 4.42 Å². The molecular formula is C19H16FN3O2. The molecule has 3 aromatic rings. The summed E-state index contributed by atoms with van der Waals surface area (Å²) in [7, 11) is 0. The Bertz CT molecular complexity index is 924. The van der Waals surface area contributed by atoms with Gasteiger partial charge in [0.2, 0.25) is 18.2 Å². The molecule has 1 aromatic heterocycles. The maximum Gasteiger partial charge on any atom is 0.247 e. The number of nitrogens with zero attached hydrogens (tertiary/aromatic N) is 2. The average molecular weight is 337 g/mol. The molecule has 1 aliphatic carbocycles. The second-order valence-corrected chi connectivity index (χ2v) is 6.23. The SMILES string of the molecule is Cc1ccc(-c2nnco2)cc1NC(=O)[C@@H]1C[C@@H]1c1ccccc1F. The molecule has 1 amide bonds. The van der Waals surface area contributed by atoms with Crippen LogP contribution in [0.4, 0.5) is 10.1 Å². The zero-order chi connectivity index (χ0) is 17.4. The molecule has 1 fully saturated rings. The summed E-state index contributed by atoms with van der Waals surface area (Å²) < 4.78 is 19.1. The highest BCUT2D eigenvalue weighted by molar-refractivity contribution is 5.96. The van der Waals surface area contributed by atoms with Crippen molar-refractivity contribution in [1.82, 2.24) is 10.2 Å². The fourth-order valence-electron chi connectivity index (χ4n) is 3.02.